The molecule has 1 N–H and O–H groups in total. The molecule has 1 unspecified atom stereocenters. The van der Waals surface area contributed by atoms with Crippen LogP contribution in [0.3, 0.4) is 0 Å². The van der Waals surface area contributed by atoms with Crippen LogP contribution in [0.5, 0.6) is 0 Å². The van der Waals surface area contributed by atoms with Gasteiger partial charge in [0.2, 0.25) is 0 Å². The monoisotopic (exact) mass is 152 g/mol. The van der Waals surface area contributed by atoms with Crippen LogP contribution in [0.1, 0.15) is 6.92 Å². The molecule has 5 heteroatoms. The molecule has 0 aliphatic carbocycles. The minimum atomic E-state index is -3.12. The highest BCUT2D eigenvalue weighted by Crippen LogP contribution is 2.10. The first-order valence-electron chi connectivity index (χ1n) is 2.48. The molecule has 0 aromatic carbocycles. The Hall–Kier alpha value is -1.00. The smallest absolute Gasteiger partial charge is 0.319 e. The minimum Gasteiger partial charge on any atom is -0.481 e. The zero-order chi connectivity index (χ0) is 8.31. The van der Waals surface area contributed by atoms with Gasteiger partial charge in [-0.05, 0) is 6.92 Å². The van der Waals surface area contributed by atoms with Crippen LogP contribution >= 0.6 is 0 Å². The zero-order valence-corrected chi connectivity index (χ0v) is 5.17. The second-order valence-electron chi connectivity index (χ2n) is 1.76. The van der Waals surface area contributed by atoms with E-state index in [1.54, 1.807) is 0 Å². The SMILES string of the molecule is CC(=O)C(C(=O)O)C(F)F. The van der Waals surface area contributed by atoms with Crippen LogP contribution < -0.4 is 0 Å². The zero-order valence-electron chi connectivity index (χ0n) is 5.17. The summed E-state index contributed by atoms with van der Waals surface area (Å²) < 4.78 is 23.2. The predicted molar refractivity (Wildman–Crippen MR) is 27.8 cm³/mol. The van der Waals surface area contributed by atoms with Crippen molar-refractivity contribution in [2.45, 2.75) is 13.3 Å². The Morgan fingerprint density at radius 1 is 1.40 bits per heavy atom. The van der Waals surface area contributed by atoms with Gasteiger partial charge in [-0.3, -0.25) is 9.59 Å². The summed E-state index contributed by atoms with van der Waals surface area (Å²) in [5.41, 5.74) is 0. The molecule has 0 aromatic heterocycles. The van der Waals surface area contributed by atoms with E-state index in [0.29, 0.717) is 0 Å². The van der Waals surface area contributed by atoms with E-state index < -0.39 is 24.1 Å². The summed E-state index contributed by atoms with van der Waals surface area (Å²) in [6.45, 7) is 0.824. The molecule has 0 heterocycles. The number of Topliss-reactive ketones (excluding diaryl/α,β-unsaturated/α-hetero) is 1. The number of carboxylic acids is 1. The van der Waals surface area contributed by atoms with Crippen molar-refractivity contribution < 1.29 is 23.5 Å². The molecule has 0 amide bonds. The van der Waals surface area contributed by atoms with Crippen molar-refractivity contribution in [3.05, 3.63) is 0 Å². The highest BCUT2D eigenvalue weighted by Gasteiger charge is 2.32. The van der Waals surface area contributed by atoms with Crippen LogP contribution in [0.2, 0.25) is 0 Å². The van der Waals surface area contributed by atoms with Crippen molar-refractivity contribution in [3.63, 3.8) is 0 Å². The van der Waals surface area contributed by atoms with Crippen molar-refractivity contribution in [3.8, 4) is 0 Å². The number of aliphatic carboxylic acids is 1. The maximum Gasteiger partial charge on any atom is 0.319 e. The molecule has 10 heavy (non-hydrogen) atoms. The van der Waals surface area contributed by atoms with Crippen molar-refractivity contribution in [2.75, 3.05) is 0 Å². The van der Waals surface area contributed by atoms with Crippen molar-refractivity contribution in [2.24, 2.45) is 5.92 Å². The maximum atomic E-state index is 11.6. The van der Waals surface area contributed by atoms with Crippen LogP contribution in [0, 0.1) is 5.92 Å². The van der Waals surface area contributed by atoms with E-state index in [0.717, 1.165) is 6.92 Å². The van der Waals surface area contributed by atoms with Crippen molar-refractivity contribution in [1.82, 2.24) is 0 Å². The Labute approximate surface area is 55.6 Å². The number of hydrogen-bond donors (Lipinski definition) is 1. The normalized spacial score (nSPS) is 13.2. The molecule has 1 atom stereocenters. The van der Waals surface area contributed by atoms with Gasteiger partial charge in [0.25, 0.3) is 6.43 Å². The summed E-state index contributed by atoms with van der Waals surface area (Å²) in [5.74, 6) is -4.97. The second kappa shape index (κ2) is 3.24. The average Bonchev–Trinajstić information content (AvgIpc) is 1.59. The van der Waals surface area contributed by atoms with E-state index in [-0.39, 0.29) is 0 Å². The topological polar surface area (TPSA) is 54.4 Å². The minimum absolute atomic E-state index is 0.824. The fraction of sp³-hybridized carbons (Fsp3) is 0.600. The van der Waals surface area contributed by atoms with Crippen molar-refractivity contribution in [1.29, 1.82) is 0 Å². The standard InChI is InChI=1S/C5H6F2O3/c1-2(8)3(4(6)7)5(9)10/h3-4H,1H3,(H,9,10). The highest BCUT2D eigenvalue weighted by atomic mass is 19.3. The van der Waals surface area contributed by atoms with Gasteiger partial charge in [0.15, 0.2) is 5.92 Å². The van der Waals surface area contributed by atoms with Gasteiger partial charge in [-0.1, -0.05) is 0 Å². The molecule has 0 saturated carbocycles. The number of carboxylic acid groups (broad SMARTS) is 1. The molecule has 0 spiro atoms. The Balaban J connectivity index is 4.27. The number of alkyl halides is 2. The summed E-state index contributed by atoms with van der Waals surface area (Å²) in [4.78, 5) is 20.0. The number of ketones is 1. The number of halogens is 2. The lowest BCUT2D eigenvalue weighted by atomic mass is 10.1. The second-order valence-corrected chi connectivity index (χ2v) is 1.76. The molecule has 0 aromatic rings. The Kier molecular flexibility index (Phi) is 2.92. The van der Waals surface area contributed by atoms with E-state index >= 15 is 0 Å². The summed E-state index contributed by atoms with van der Waals surface area (Å²) >= 11 is 0. The first kappa shape index (κ1) is 9.00. The number of hydrogen-bond acceptors (Lipinski definition) is 2. The lowest BCUT2D eigenvalue weighted by molar-refractivity contribution is -0.151. The van der Waals surface area contributed by atoms with Gasteiger partial charge in [0, 0.05) is 0 Å². The lowest BCUT2D eigenvalue weighted by Crippen LogP contribution is -2.28. The number of carbonyl (C=O) groups is 2. The third kappa shape index (κ3) is 2.08. The third-order valence-electron chi connectivity index (χ3n) is 0.956. The lowest BCUT2D eigenvalue weighted by Gasteiger charge is -2.04. The van der Waals surface area contributed by atoms with Crippen LogP contribution in [-0.4, -0.2) is 23.3 Å². The number of carbonyl (C=O) groups excluding carboxylic acids is 1. The molecular formula is C5H6F2O3. The number of rotatable bonds is 3. The average molecular weight is 152 g/mol. The third-order valence-corrected chi connectivity index (χ3v) is 0.956. The van der Waals surface area contributed by atoms with Crippen LogP contribution in [-0.2, 0) is 9.59 Å². The summed E-state index contributed by atoms with van der Waals surface area (Å²) in [5, 5.41) is 8.01. The molecule has 0 aliphatic heterocycles. The van der Waals surface area contributed by atoms with E-state index in [1.807, 2.05) is 0 Å². The van der Waals surface area contributed by atoms with E-state index in [2.05, 4.69) is 0 Å². The molecule has 58 valence electrons. The fourth-order valence-electron chi connectivity index (χ4n) is 0.459. The van der Waals surface area contributed by atoms with Crippen LogP contribution in [0.25, 0.3) is 0 Å². The van der Waals surface area contributed by atoms with Crippen LogP contribution in [0.4, 0.5) is 8.78 Å². The fourth-order valence-corrected chi connectivity index (χ4v) is 0.459. The summed E-state index contributed by atoms with van der Waals surface area (Å²) in [6.07, 6.45) is -3.12. The van der Waals surface area contributed by atoms with Gasteiger partial charge in [0.05, 0.1) is 0 Å². The van der Waals surface area contributed by atoms with E-state index in [4.69, 9.17) is 5.11 Å². The first-order chi connectivity index (χ1) is 4.46. The van der Waals surface area contributed by atoms with Gasteiger partial charge in [-0.2, -0.15) is 0 Å². The Bertz CT molecular complexity index is 141. The molecule has 0 saturated heterocycles. The molecule has 3 nitrogen and oxygen atoms in total. The van der Waals surface area contributed by atoms with Crippen LogP contribution in [0.15, 0.2) is 0 Å². The predicted octanol–water partition coefficient (Wildman–Crippen LogP) is 0.541. The molecular weight excluding hydrogens is 146 g/mol. The van der Waals surface area contributed by atoms with Gasteiger partial charge in [0.1, 0.15) is 5.78 Å². The molecule has 0 radical (unpaired) electrons. The molecule has 0 bridgehead atoms. The Morgan fingerprint density at radius 3 is 1.80 bits per heavy atom. The van der Waals surface area contributed by atoms with Gasteiger partial charge in [-0.25, -0.2) is 8.78 Å². The van der Waals surface area contributed by atoms with Crippen molar-refractivity contribution >= 4 is 11.8 Å². The van der Waals surface area contributed by atoms with Gasteiger partial charge >= 0.3 is 5.97 Å². The van der Waals surface area contributed by atoms with Gasteiger partial charge < -0.3 is 5.11 Å². The molecule has 0 fully saturated rings. The first-order valence-corrected chi connectivity index (χ1v) is 2.48. The quantitative estimate of drug-likeness (QED) is 0.600. The molecule has 0 aliphatic rings. The molecule has 0 rings (SSSR count). The Morgan fingerprint density at radius 2 is 1.80 bits per heavy atom. The maximum absolute atomic E-state index is 11.6. The van der Waals surface area contributed by atoms with E-state index in [9.17, 15) is 18.4 Å². The van der Waals surface area contributed by atoms with E-state index in [1.165, 1.54) is 0 Å². The highest BCUT2D eigenvalue weighted by molar-refractivity contribution is 5.97. The largest absolute Gasteiger partial charge is 0.481 e. The summed E-state index contributed by atoms with van der Waals surface area (Å²) in [6, 6.07) is 0. The van der Waals surface area contributed by atoms with Gasteiger partial charge in [-0.15, -0.1) is 0 Å². The summed E-state index contributed by atoms with van der Waals surface area (Å²) in [7, 11) is 0.